The Morgan fingerprint density at radius 2 is 0.784 bits per heavy atom. The minimum atomic E-state index is -2.15. The number of rotatable bonds is 8. The number of benzene rings is 4. The number of halogens is 1. The molecule has 270 valence electrons. The van der Waals surface area contributed by atoms with Gasteiger partial charge in [0.1, 0.15) is 16.1 Å². The fourth-order valence-electron chi connectivity index (χ4n) is 10.0. The standard InChI is InChI=1S/C46H59IO2Si2/c1-30(2)50(31(3)4,32(5)6)23-21-45(48-13)41-26-36-17-15-16-18-37(36)27-42(41)46(49-14,22-24-51(33(7)8,34(9)10)35(11)12)44-29-39-25-40(47)20-19-38(39)28-43(44)45/h15-20,25-35H,1-14H3. The SMILES string of the molecule is COC1(C#C[Si](C(C)C)(C(C)C)C(C)C)c2cc3ccccc3cc2C(C#C[Si](C(C)C)(C(C)C)C(C)C)(OC)c2cc3cc(I)ccc3cc21. The monoisotopic (exact) mass is 826 g/mol. The van der Waals surface area contributed by atoms with Gasteiger partial charge in [0.05, 0.1) is 0 Å². The summed E-state index contributed by atoms with van der Waals surface area (Å²) in [5.41, 5.74) is 13.3. The van der Waals surface area contributed by atoms with Gasteiger partial charge in [0.25, 0.3) is 0 Å². The molecule has 1 aliphatic carbocycles. The van der Waals surface area contributed by atoms with Crippen molar-refractivity contribution in [1.82, 2.24) is 0 Å². The van der Waals surface area contributed by atoms with Gasteiger partial charge in [-0.1, -0.05) is 125 Å². The molecule has 2 unspecified atom stereocenters. The van der Waals surface area contributed by atoms with E-state index in [-0.39, 0.29) is 0 Å². The van der Waals surface area contributed by atoms with Crippen LogP contribution in [0.3, 0.4) is 0 Å². The van der Waals surface area contributed by atoms with Crippen molar-refractivity contribution in [3.8, 4) is 22.9 Å². The van der Waals surface area contributed by atoms with Crippen LogP contribution in [0.25, 0.3) is 21.5 Å². The second kappa shape index (κ2) is 14.8. The van der Waals surface area contributed by atoms with E-state index in [2.05, 4.69) is 195 Å². The summed E-state index contributed by atoms with van der Waals surface area (Å²) in [6.45, 7) is 28.6. The fourth-order valence-corrected chi connectivity index (χ4v) is 21.1. The summed E-state index contributed by atoms with van der Waals surface area (Å²) >= 11 is 2.42. The Kier molecular flexibility index (Phi) is 11.5. The van der Waals surface area contributed by atoms with Crippen molar-refractivity contribution < 1.29 is 9.47 Å². The van der Waals surface area contributed by atoms with Gasteiger partial charge in [-0.25, -0.2) is 0 Å². The Hall–Kier alpha value is -2.40. The lowest BCUT2D eigenvalue weighted by Gasteiger charge is -2.45. The molecule has 0 radical (unpaired) electrons. The fraction of sp³-hybridized carbons (Fsp3) is 0.478. The minimum Gasteiger partial charge on any atom is -0.357 e. The quantitative estimate of drug-likeness (QED) is 0.100. The number of ether oxygens (including phenoxy) is 2. The Morgan fingerprint density at radius 1 is 0.471 bits per heavy atom. The highest BCUT2D eigenvalue weighted by molar-refractivity contribution is 14.1. The van der Waals surface area contributed by atoms with Crippen LogP contribution in [0.5, 0.6) is 0 Å². The summed E-state index contributed by atoms with van der Waals surface area (Å²) in [5, 5.41) is 4.65. The lowest BCUT2D eigenvalue weighted by Crippen LogP contribution is -2.47. The van der Waals surface area contributed by atoms with E-state index < -0.39 is 27.3 Å². The first-order chi connectivity index (χ1) is 24.0. The predicted molar refractivity (Wildman–Crippen MR) is 234 cm³/mol. The molecule has 0 N–H and O–H groups in total. The van der Waals surface area contributed by atoms with E-state index >= 15 is 0 Å². The normalized spacial score (nSPS) is 19.2. The molecule has 0 amide bonds. The van der Waals surface area contributed by atoms with E-state index in [1.807, 2.05) is 14.2 Å². The molecular formula is C46H59IO2Si2. The van der Waals surface area contributed by atoms with Crippen LogP contribution in [0.4, 0.5) is 0 Å². The van der Waals surface area contributed by atoms with Gasteiger partial charge in [-0.2, -0.15) is 0 Å². The van der Waals surface area contributed by atoms with E-state index in [1.165, 1.54) is 8.96 Å². The Balaban J connectivity index is 2.05. The molecule has 51 heavy (non-hydrogen) atoms. The Morgan fingerprint density at radius 3 is 1.10 bits per heavy atom. The number of hydrogen-bond acceptors (Lipinski definition) is 2. The zero-order chi connectivity index (χ0) is 37.7. The van der Waals surface area contributed by atoms with Gasteiger partial charge in [-0.15, -0.1) is 11.1 Å². The van der Waals surface area contributed by atoms with Crippen LogP contribution in [0.1, 0.15) is 105 Å². The van der Waals surface area contributed by atoms with E-state index in [0.29, 0.717) is 33.2 Å². The van der Waals surface area contributed by atoms with Gasteiger partial charge in [-0.05, 0) is 114 Å². The van der Waals surface area contributed by atoms with Gasteiger partial charge in [-0.3, -0.25) is 0 Å². The Bertz CT molecular complexity index is 2010. The van der Waals surface area contributed by atoms with E-state index in [0.717, 1.165) is 38.4 Å². The largest absolute Gasteiger partial charge is 0.357 e. The zero-order valence-electron chi connectivity index (χ0n) is 33.5. The topological polar surface area (TPSA) is 18.5 Å². The first-order valence-corrected chi connectivity index (χ1v) is 24.5. The van der Waals surface area contributed by atoms with Crippen molar-refractivity contribution in [2.45, 2.75) is 128 Å². The summed E-state index contributed by atoms with van der Waals surface area (Å²) in [6.07, 6.45) is 0. The van der Waals surface area contributed by atoms with E-state index in [4.69, 9.17) is 9.47 Å². The molecule has 2 atom stereocenters. The summed E-state index contributed by atoms with van der Waals surface area (Å²) in [6, 6.07) is 24.6. The summed E-state index contributed by atoms with van der Waals surface area (Å²) in [4.78, 5) is 0. The molecule has 0 saturated carbocycles. The highest BCUT2D eigenvalue weighted by Crippen LogP contribution is 2.54. The zero-order valence-corrected chi connectivity index (χ0v) is 37.7. The maximum absolute atomic E-state index is 6.94. The van der Waals surface area contributed by atoms with E-state index in [1.54, 1.807) is 0 Å². The lowest BCUT2D eigenvalue weighted by molar-refractivity contribution is 0.0334. The first kappa shape index (κ1) is 39.8. The van der Waals surface area contributed by atoms with Crippen molar-refractivity contribution in [3.05, 3.63) is 92.6 Å². The molecule has 1 aliphatic rings. The third kappa shape index (κ3) is 6.28. The van der Waals surface area contributed by atoms with Gasteiger partial charge in [0.15, 0.2) is 11.2 Å². The molecule has 0 spiro atoms. The molecule has 2 nitrogen and oxygen atoms in total. The van der Waals surface area contributed by atoms with Gasteiger partial charge < -0.3 is 9.47 Å². The van der Waals surface area contributed by atoms with Gasteiger partial charge >= 0.3 is 0 Å². The molecule has 0 aliphatic heterocycles. The lowest BCUT2D eigenvalue weighted by atomic mass is 9.66. The highest BCUT2D eigenvalue weighted by atomic mass is 127. The summed E-state index contributed by atoms with van der Waals surface area (Å²) in [7, 11) is -0.609. The van der Waals surface area contributed by atoms with Crippen LogP contribution in [0.2, 0.25) is 33.2 Å². The molecule has 0 saturated heterocycles. The second-order valence-corrected chi connectivity index (χ2v) is 29.1. The van der Waals surface area contributed by atoms with Crippen LogP contribution in [0, 0.1) is 26.5 Å². The number of hydrogen-bond donors (Lipinski definition) is 0. The minimum absolute atomic E-state index is 0.487. The average Bonchev–Trinajstić information content (AvgIpc) is 3.07. The third-order valence-electron chi connectivity index (χ3n) is 12.6. The Labute approximate surface area is 325 Å². The van der Waals surface area contributed by atoms with Crippen molar-refractivity contribution in [3.63, 3.8) is 0 Å². The molecule has 0 bridgehead atoms. The van der Waals surface area contributed by atoms with Crippen LogP contribution in [-0.2, 0) is 20.7 Å². The molecular weight excluding hydrogens is 768 g/mol. The van der Waals surface area contributed by atoms with Crippen LogP contribution >= 0.6 is 22.6 Å². The van der Waals surface area contributed by atoms with Crippen molar-refractivity contribution in [2.24, 2.45) is 0 Å². The van der Waals surface area contributed by atoms with Crippen molar-refractivity contribution in [2.75, 3.05) is 14.2 Å². The van der Waals surface area contributed by atoms with Crippen LogP contribution in [-0.4, -0.2) is 30.4 Å². The van der Waals surface area contributed by atoms with Crippen molar-refractivity contribution >= 4 is 60.3 Å². The van der Waals surface area contributed by atoms with Gasteiger partial charge in [0, 0.05) is 40.0 Å². The second-order valence-electron chi connectivity index (χ2n) is 16.7. The maximum Gasteiger partial charge on any atom is 0.179 e. The smallest absolute Gasteiger partial charge is 0.179 e. The van der Waals surface area contributed by atoms with Crippen LogP contribution in [0.15, 0.2) is 66.7 Å². The predicted octanol–water partition coefficient (Wildman–Crippen LogP) is 13.1. The average molecular weight is 827 g/mol. The summed E-state index contributed by atoms with van der Waals surface area (Å²) < 4.78 is 15.1. The third-order valence-corrected chi connectivity index (χ3v) is 25.8. The molecule has 0 aromatic heterocycles. The molecule has 5 heteroatoms. The van der Waals surface area contributed by atoms with E-state index in [9.17, 15) is 0 Å². The highest BCUT2D eigenvalue weighted by Gasteiger charge is 2.53. The maximum atomic E-state index is 6.94. The molecule has 0 heterocycles. The molecule has 0 fully saturated rings. The molecule has 4 aromatic rings. The number of fused-ring (bicyclic) bond motifs is 4. The number of methoxy groups -OCH3 is 2. The van der Waals surface area contributed by atoms with Gasteiger partial charge in [0.2, 0.25) is 0 Å². The van der Waals surface area contributed by atoms with Crippen molar-refractivity contribution in [1.29, 1.82) is 0 Å². The van der Waals surface area contributed by atoms with Crippen LogP contribution < -0.4 is 0 Å². The molecule has 5 rings (SSSR count). The molecule has 4 aromatic carbocycles. The summed E-state index contributed by atoms with van der Waals surface area (Å²) in [5.74, 6) is 8.01. The first-order valence-electron chi connectivity index (χ1n) is 18.9.